The summed E-state index contributed by atoms with van der Waals surface area (Å²) in [5.74, 6) is 1.27. The number of halogens is 1. The molecular weight excluding hydrogens is 340 g/mol. The van der Waals surface area contributed by atoms with E-state index in [0.29, 0.717) is 24.6 Å². The Labute approximate surface area is 154 Å². The molecule has 0 saturated carbocycles. The summed E-state index contributed by atoms with van der Waals surface area (Å²) in [7, 11) is 1.65. The molecule has 2 N–H and O–H groups in total. The van der Waals surface area contributed by atoms with Crippen LogP contribution in [-0.4, -0.2) is 46.8 Å². The highest BCUT2D eigenvalue weighted by Crippen LogP contribution is 2.24. The molecule has 2 heterocycles. The lowest BCUT2D eigenvalue weighted by molar-refractivity contribution is 0.0743. The monoisotopic (exact) mass is 364 g/mol. The minimum atomic E-state index is 0. The van der Waals surface area contributed by atoms with Crippen molar-refractivity contribution in [1.82, 2.24) is 14.7 Å². The highest BCUT2D eigenvalue weighted by Gasteiger charge is 2.32. The van der Waals surface area contributed by atoms with Crippen LogP contribution in [0.2, 0.25) is 0 Å². The molecule has 1 aliphatic rings. The van der Waals surface area contributed by atoms with Crippen LogP contribution >= 0.6 is 12.4 Å². The van der Waals surface area contributed by atoms with Crippen molar-refractivity contribution < 1.29 is 9.53 Å². The average molecular weight is 365 g/mol. The summed E-state index contributed by atoms with van der Waals surface area (Å²) >= 11 is 0. The molecule has 1 aromatic heterocycles. The van der Waals surface area contributed by atoms with Crippen LogP contribution in [0.5, 0.6) is 5.75 Å². The Balaban J connectivity index is 0.00000225. The lowest BCUT2D eigenvalue weighted by Crippen LogP contribution is -2.34. The largest absolute Gasteiger partial charge is 0.497 e. The van der Waals surface area contributed by atoms with E-state index in [1.165, 1.54) is 0 Å². The van der Waals surface area contributed by atoms with E-state index in [2.05, 4.69) is 12.0 Å². The van der Waals surface area contributed by atoms with Crippen molar-refractivity contribution in [1.29, 1.82) is 0 Å². The SMILES string of the molecule is COc1ccc(Cn2cc(C(=O)N3CC(CN)CC3C)cn2)cc1.Cl. The molecule has 2 aromatic rings. The predicted molar refractivity (Wildman–Crippen MR) is 99.2 cm³/mol. The van der Waals surface area contributed by atoms with Crippen molar-refractivity contribution in [3.63, 3.8) is 0 Å². The Morgan fingerprint density at radius 1 is 1.36 bits per heavy atom. The second-order valence-corrected chi connectivity index (χ2v) is 6.42. The van der Waals surface area contributed by atoms with E-state index in [0.717, 1.165) is 24.3 Å². The number of carbonyl (C=O) groups is 1. The lowest BCUT2D eigenvalue weighted by atomic mass is 10.1. The number of ether oxygens (including phenoxy) is 1. The van der Waals surface area contributed by atoms with Gasteiger partial charge in [0, 0.05) is 18.8 Å². The first-order valence-electron chi connectivity index (χ1n) is 8.27. The Kier molecular flexibility index (Phi) is 6.45. The van der Waals surface area contributed by atoms with Gasteiger partial charge in [-0.15, -0.1) is 12.4 Å². The van der Waals surface area contributed by atoms with Gasteiger partial charge in [-0.25, -0.2) is 0 Å². The van der Waals surface area contributed by atoms with Gasteiger partial charge in [0.25, 0.3) is 5.91 Å². The quantitative estimate of drug-likeness (QED) is 0.882. The van der Waals surface area contributed by atoms with Crippen LogP contribution in [-0.2, 0) is 6.54 Å². The van der Waals surface area contributed by atoms with Gasteiger partial charge in [0.2, 0.25) is 0 Å². The average Bonchev–Trinajstić information content (AvgIpc) is 3.21. The Hall–Kier alpha value is -2.05. The molecule has 2 unspecified atom stereocenters. The molecular formula is C18H25ClN4O2. The number of carbonyl (C=O) groups excluding carboxylic acids is 1. The minimum Gasteiger partial charge on any atom is -0.497 e. The molecule has 25 heavy (non-hydrogen) atoms. The summed E-state index contributed by atoms with van der Waals surface area (Å²) in [6, 6.07) is 8.07. The number of nitrogens with two attached hydrogens (primary N) is 1. The van der Waals surface area contributed by atoms with Gasteiger partial charge in [-0.2, -0.15) is 5.10 Å². The number of benzene rings is 1. The van der Waals surface area contributed by atoms with Crippen LogP contribution in [0.15, 0.2) is 36.7 Å². The van der Waals surface area contributed by atoms with Crippen LogP contribution in [0.25, 0.3) is 0 Å². The molecule has 0 radical (unpaired) electrons. The number of amides is 1. The Morgan fingerprint density at radius 2 is 2.08 bits per heavy atom. The number of likely N-dealkylation sites (tertiary alicyclic amines) is 1. The van der Waals surface area contributed by atoms with Gasteiger partial charge in [0.1, 0.15) is 5.75 Å². The van der Waals surface area contributed by atoms with E-state index in [1.54, 1.807) is 18.0 Å². The second-order valence-electron chi connectivity index (χ2n) is 6.42. The van der Waals surface area contributed by atoms with Gasteiger partial charge >= 0.3 is 0 Å². The highest BCUT2D eigenvalue weighted by atomic mass is 35.5. The fourth-order valence-corrected chi connectivity index (χ4v) is 3.24. The summed E-state index contributed by atoms with van der Waals surface area (Å²) in [4.78, 5) is 14.6. The van der Waals surface area contributed by atoms with Crippen molar-refractivity contribution in [2.45, 2.75) is 25.9 Å². The first-order valence-corrected chi connectivity index (χ1v) is 8.27. The first-order chi connectivity index (χ1) is 11.6. The van der Waals surface area contributed by atoms with Crippen molar-refractivity contribution in [2.75, 3.05) is 20.2 Å². The van der Waals surface area contributed by atoms with Crippen molar-refractivity contribution in [3.05, 3.63) is 47.8 Å². The van der Waals surface area contributed by atoms with Gasteiger partial charge in [0.15, 0.2) is 0 Å². The van der Waals surface area contributed by atoms with E-state index < -0.39 is 0 Å². The fraction of sp³-hybridized carbons (Fsp3) is 0.444. The van der Waals surface area contributed by atoms with Gasteiger partial charge in [-0.3, -0.25) is 9.48 Å². The predicted octanol–water partition coefficient (Wildman–Crippen LogP) is 2.17. The van der Waals surface area contributed by atoms with Gasteiger partial charge < -0.3 is 15.4 Å². The summed E-state index contributed by atoms with van der Waals surface area (Å²) in [5.41, 5.74) is 7.48. The van der Waals surface area contributed by atoms with Crippen LogP contribution in [0.4, 0.5) is 0 Å². The highest BCUT2D eigenvalue weighted by molar-refractivity contribution is 5.94. The standard InChI is InChI=1S/C18H24N4O2.ClH/c1-13-7-15(8-19)11-22(13)18(23)16-9-20-21(12-16)10-14-3-5-17(24-2)6-4-14;/h3-6,9,12-13,15H,7-8,10-11,19H2,1-2H3;1H. The van der Waals surface area contributed by atoms with E-state index in [4.69, 9.17) is 10.5 Å². The third-order valence-corrected chi connectivity index (χ3v) is 4.64. The minimum absolute atomic E-state index is 0. The maximum absolute atomic E-state index is 12.7. The number of methoxy groups -OCH3 is 1. The topological polar surface area (TPSA) is 73.4 Å². The number of rotatable bonds is 5. The van der Waals surface area contributed by atoms with Crippen molar-refractivity contribution in [2.24, 2.45) is 11.7 Å². The van der Waals surface area contributed by atoms with Crippen LogP contribution in [0, 0.1) is 5.92 Å². The smallest absolute Gasteiger partial charge is 0.257 e. The molecule has 136 valence electrons. The molecule has 1 aliphatic heterocycles. The maximum atomic E-state index is 12.7. The van der Waals surface area contributed by atoms with E-state index in [1.807, 2.05) is 35.4 Å². The molecule has 1 saturated heterocycles. The van der Waals surface area contributed by atoms with Crippen molar-refractivity contribution in [3.8, 4) is 5.75 Å². The summed E-state index contributed by atoms with van der Waals surface area (Å²) in [6.07, 6.45) is 4.44. The number of hydrogen-bond acceptors (Lipinski definition) is 4. The zero-order valence-corrected chi connectivity index (χ0v) is 15.4. The number of aromatic nitrogens is 2. The molecule has 6 nitrogen and oxygen atoms in total. The van der Waals surface area contributed by atoms with Gasteiger partial charge in [-0.05, 0) is 43.5 Å². The molecule has 0 aliphatic carbocycles. The number of hydrogen-bond donors (Lipinski definition) is 1. The molecule has 7 heteroatoms. The van der Waals surface area contributed by atoms with E-state index in [9.17, 15) is 4.79 Å². The third-order valence-electron chi connectivity index (χ3n) is 4.64. The first kappa shape index (κ1) is 19.3. The van der Waals surface area contributed by atoms with Crippen molar-refractivity contribution >= 4 is 18.3 Å². The Bertz CT molecular complexity index is 701. The normalized spacial score (nSPS) is 19.6. The molecule has 0 bridgehead atoms. The summed E-state index contributed by atoms with van der Waals surface area (Å²) in [6.45, 7) is 4.07. The fourth-order valence-electron chi connectivity index (χ4n) is 3.24. The maximum Gasteiger partial charge on any atom is 0.257 e. The zero-order chi connectivity index (χ0) is 17.1. The molecule has 3 rings (SSSR count). The van der Waals surface area contributed by atoms with Gasteiger partial charge in [-0.1, -0.05) is 12.1 Å². The second kappa shape index (κ2) is 8.36. The van der Waals surface area contributed by atoms with Crippen LogP contribution in [0.3, 0.4) is 0 Å². The number of nitrogens with zero attached hydrogens (tertiary/aromatic N) is 3. The third kappa shape index (κ3) is 4.32. The molecule has 1 amide bonds. The van der Waals surface area contributed by atoms with Crippen LogP contribution < -0.4 is 10.5 Å². The lowest BCUT2D eigenvalue weighted by Gasteiger charge is -2.20. The van der Waals surface area contributed by atoms with E-state index >= 15 is 0 Å². The Morgan fingerprint density at radius 3 is 2.68 bits per heavy atom. The van der Waals surface area contributed by atoms with Gasteiger partial charge in [0.05, 0.1) is 25.4 Å². The molecule has 1 fully saturated rings. The molecule has 0 spiro atoms. The summed E-state index contributed by atoms with van der Waals surface area (Å²) < 4.78 is 6.95. The molecule has 2 atom stereocenters. The molecule has 1 aromatic carbocycles. The van der Waals surface area contributed by atoms with Crippen LogP contribution in [0.1, 0.15) is 29.3 Å². The zero-order valence-electron chi connectivity index (χ0n) is 14.6. The van der Waals surface area contributed by atoms with E-state index in [-0.39, 0.29) is 24.4 Å². The summed E-state index contributed by atoms with van der Waals surface area (Å²) in [5, 5.41) is 4.32.